The molecule has 110 valence electrons. The van der Waals surface area contributed by atoms with E-state index in [9.17, 15) is 17.6 Å². The van der Waals surface area contributed by atoms with Crippen LogP contribution in [0.5, 0.6) is 0 Å². The smallest absolute Gasteiger partial charge is 0.255 e. The van der Waals surface area contributed by atoms with Crippen LogP contribution in [0.3, 0.4) is 0 Å². The number of carbonyl (C=O) groups excluding carboxylic acids is 1. The summed E-state index contributed by atoms with van der Waals surface area (Å²) in [5.74, 6) is -0.913. The Morgan fingerprint density at radius 2 is 1.76 bits per heavy atom. The number of sulfonamides is 1. The molecule has 0 aliphatic carbocycles. The average molecular weight is 308 g/mol. The maximum absolute atomic E-state index is 12.8. The van der Waals surface area contributed by atoms with E-state index in [1.807, 2.05) is 0 Å². The third-order valence-electron chi connectivity index (χ3n) is 2.89. The minimum absolute atomic E-state index is 0.0949. The molecule has 0 aromatic heterocycles. The van der Waals surface area contributed by atoms with E-state index in [-0.39, 0.29) is 10.5 Å². The van der Waals surface area contributed by atoms with Crippen molar-refractivity contribution in [3.63, 3.8) is 0 Å². The number of hydrogen-bond donors (Lipinski definition) is 2. The van der Waals surface area contributed by atoms with Gasteiger partial charge in [0, 0.05) is 11.3 Å². The van der Waals surface area contributed by atoms with Gasteiger partial charge in [0.15, 0.2) is 0 Å². The summed E-state index contributed by atoms with van der Waals surface area (Å²) < 4.78 is 35.4. The molecular weight excluding hydrogens is 295 g/mol. The van der Waals surface area contributed by atoms with E-state index in [0.29, 0.717) is 11.3 Å². The van der Waals surface area contributed by atoms with Crippen LogP contribution >= 0.6 is 0 Å². The first-order chi connectivity index (χ1) is 9.77. The summed E-state index contributed by atoms with van der Waals surface area (Å²) >= 11 is 0. The van der Waals surface area contributed by atoms with Crippen molar-refractivity contribution in [2.24, 2.45) is 5.14 Å². The van der Waals surface area contributed by atoms with Gasteiger partial charge in [0.25, 0.3) is 5.91 Å². The van der Waals surface area contributed by atoms with Gasteiger partial charge in [-0.3, -0.25) is 4.79 Å². The van der Waals surface area contributed by atoms with Gasteiger partial charge < -0.3 is 5.32 Å². The molecular formula is C14H13FN2O3S. The molecule has 7 heteroatoms. The lowest BCUT2D eigenvalue weighted by Crippen LogP contribution is -2.15. The fourth-order valence-corrected chi connectivity index (χ4v) is 2.25. The van der Waals surface area contributed by atoms with Gasteiger partial charge in [-0.15, -0.1) is 0 Å². The van der Waals surface area contributed by atoms with Gasteiger partial charge in [0.1, 0.15) is 5.82 Å². The zero-order valence-corrected chi connectivity index (χ0v) is 11.9. The third-order valence-corrected chi connectivity index (χ3v) is 3.80. The fourth-order valence-electron chi connectivity index (χ4n) is 1.71. The SMILES string of the molecule is Cc1ccc(S(N)(=O)=O)cc1NC(=O)c1ccc(F)cc1. The summed E-state index contributed by atoms with van der Waals surface area (Å²) in [6.07, 6.45) is 0. The summed E-state index contributed by atoms with van der Waals surface area (Å²) in [6.45, 7) is 1.72. The van der Waals surface area contributed by atoms with Crippen molar-refractivity contribution in [3.05, 3.63) is 59.4 Å². The second-order valence-electron chi connectivity index (χ2n) is 4.48. The van der Waals surface area contributed by atoms with E-state index in [1.165, 1.54) is 36.4 Å². The van der Waals surface area contributed by atoms with Crippen molar-refractivity contribution in [2.75, 3.05) is 5.32 Å². The van der Waals surface area contributed by atoms with Crippen molar-refractivity contribution in [2.45, 2.75) is 11.8 Å². The number of aryl methyl sites for hydroxylation is 1. The molecule has 0 fully saturated rings. The van der Waals surface area contributed by atoms with E-state index < -0.39 is 21.7 Å². The number of carbonyl (C=O) groups is 1. The number of nitrogens with one attached hydrogen (secondary N) is 1. The number of halogens is 1. The zero-order chi connectivity index (χ0) is 15.6. The second kappa shape index (κ2) is 5.63. The normalized spacial score (nSPS) is 11.2. The molecule has 3 N–H and O–H groups in total. The fraction of sp³-hybridized carbons (Fsp3) is 0.0714. The number of rotatable bonds is 3. The topological polar surface area (TPSA) is 89.3 Å². The van der Waals surface area contributed by atoms with Crippen LogP contribution in [0.2, 0.25) is 0 Å². The highest BCUT2D eigenvalue weighted by Crippen LogP contribution is 2.20. The first-order valence-electron chi connectivity index (χ1n) is 5.98. The minimum atomic E-state index is -3.85. The predicted molar refractivity (Wildman–Crippen MR) is 76.9 cm³/mol. The van der Waals surface area contributed by atoms with Gasteiger partial charge >= 0.3 is 0 Å². The largest absolute Gasteiger partial charge is 0.322 e. The Bertz CT molecular complexity index is 786. The number of amides is 1. The summed E-state index contributed by atoms with van der Waals surface area (Å²) in [7, 11) is -3.85. The molecule has 5 nitrogen and oxygen atoms in total. The molecule has 0 aliphatic rings. The van der Waals surface area contributed by atoms with Crippen LogP contribution in [0, 0.1) is 12.7 Å². The lowest BCUT2D eigenvalue weighted by Gasteiger charge is -2.10. The Labute approximate surface area is 121 Å². The molecule has 0 saturated heterocycles. The van der Waals surface area contributed by atoms with E-state index in [0.717, 1.165) is 0 Å². The molecule has 0 bridgehead atoms. The Morgan fingerprint density at radius 3 is 2.33 bits per heavy atom. The molecule has 2 aromatic carbocycles. The molecule has 0 unspecified atom stereocenters. The van der Waals surface area contributed by atoms with Crippen LogP contribution < -0.4 is 10.5 Å². The molecule has 0 aliphatic heterocycles. The maximum Gasteiger partial charge on any atom is 0.255 e. The molecule has 2 aromatic rings. The third kappa shape index (κ3) is 3.65. The number of nitrogens with two attached hydrogens (primary N) is 1. The Morgan fingerprint density at radius 1 is 1.14 bits per heavy atom. The lowest BCUT2D eigenvalue weighted by atomic mass is 10.1. The van der Waals surface area contributed by atoms with E-state index >= 15 is 0 Å². The monoisotopic (exact) mass is 308 g/mol. The Hall–Kier alpha value is -2.25. The number of benzene rings is 2. The number of primary sulfonamides is 1. The first kappa shape index (κ1) is 15.1. The van der Waals surface area contributed by atoms with Gasteiger partial charge in [0.2, 0.25) is 10.0 Å². The number of anilines is 1. The van der Waals surface area contributed by atoms with Gasteiger partial charge in [0.05, 0.1) is 4.90 Å². The quantitative estimate of drug-likeness (QED) is 0.909. The molecule has 0 spiro atoms. The van der Waals surface area contributed by atoms with E-state index in [2.05, 4.69) is 5.32 Å². The van der Waals surface area contributed by atoms with Crippen LogP contribution in [-0.4, -0.2) is 14.3 Å². The Balaban J connectivity index is 2.31. The van der Waals surface area contributed by atoms with Crippen molar-refractivity contribution >= 4 is 21.6 Å². The Kier molecular flexibility index (Phi) is 4.06. The first-order valence-corrected chi connectivity index (χ1v) is 7.52. The van der Waals surface area contributed by atoms with Gasteiger partial charge in [-0.25, -0.2) is 17.9 Å². The predicted octanol–water partition coefficient (Wildman–Crippen LogP) is 2.03. The van der Waals surface area contributed by atoms with Crippen molar-refractivity contribution < 1.29 is 17.6 Å². The minimum Gasteiger partial charge on any atom is -0.322 e. The maximum atomic E-state index is 12.8. The van der Waals surface area contributed by atoms with Crippen molar-refractivity contribution in [3.8, 4) is 0 Å². The van der Waals surface area contributed by atoms with E-state index in [4.69, 9.17) is 5.14 Å². The van der Waals surface area contributed by atoms with Crippen molar-refractivity contribution in [1.82, 2.24) is 0 Å². The lowest BCUT2D eigenvalue weighted by molar-refractivity contribution is 0.102. The van der Waals surface area contributed by atoms with E-state index in [1.54, 1.807) is 13.0 Å². The van der Waals surface area contributed by atoms with Gasteiger partial charge in [-0.1, -0.05) is 6.07 Å². The summed E-state index contributed by atoms with van der Waals surface area (Å²) in [5.41, 5.74) is 1.27. The van der Waals surface area contributed by atoms with Crippen LogP contribution in [0.4, 0.5) is 10.1 Å². The van der Waals surface area contributed by atoms with Crippen LogP contribution in [0.15, 0.2) is 47.4 Å². The molecule has 0 heterocycles. The average Bonchev–Trinajstić information content (AvgIpc) is 2.40. The highest BCUT2D eigenvalue weighted by atomic mass is 32.2. The molecule has 0 radical (unpaired) electrons. The number of hydrogen-bond acceptors (Lipinski definition) is 3. The van der Waals surface area contributed by atoms with Crippen molar-refractivity contribution in [1.29, 1.82) is 0 Å². The zero-order valence-electron chi connectivity index (χ0n) is 11.1. The molecule has 21 heavy (non-hydrogen) atoms. The molecule has 2 rings (SSSR count). The summed E-state index contributed by atoms with van der Waals surface area (Å²) in [4.78, 5) is 11.9. The van der Waals surface area contributed by atoms with Crippen LogP contribution in [0.1, 0.15) is 15.9 Å². The van der Waals surface area contributed by atoms with Crippen LogP contribution in [0.25, 0.3) is 0 Å². The van der Waals surface area contributed by atoms with Gasteiger partial charge in [-0.05, 0) is 48.9 Å². The van der Waals surface area contributed by atoms with Gasteiger partial charge in [-0.2, -0.15) is 0 Å². The highest BCUT2D eigenvalue weighted by Gasteiger charge is 2.12. The standard InChI is InChI=1S/C14H13FN2O3S/c1-9-2-7-12(21(16,19)20)8-13(9)17-14(18)10-3-5-11(15)6-4-10/h2-8H,1H3,(H,17,18)(H2,16,19,20). The summed E-state index contributed by atoms with van der Waals surface area (Å²) in [5, 5.41) is 7.63. The molecule has 0 saturated carbocycles. The highest BCUT2D eigenvalue weighted by molar-refractivity contribution is 7.89. The molecule has 0 atom stereocenters. The summed E-state index contributed by atoms with van der Waals surface area (Å²) in [6, 6.07) is 9.20. The van der Waals surface area contributed by atoms with Crippen LogP contribution in [-0.2, 0) is 10.0 Å². The molecule has 1 amide bonds. The second-order valence-corrected chi connectivity index (χ2v) is 6.04.